The summed E-state index contributed by atoms with van der Waals surface area (Å²) in [6.07, 6.45) is 1.01. The summed E-state index contributed by atoms with van der Waals surface area (Å²) in [6.45, 7) is 0.212. The first-order valence-electron chi connectivity index (χ1n) is 6.18. The Labute approximate surface area is 119 Å². The van der Waals surface area contributed by atoms with Crippen molar-refractivity contribution in [2.75, 3.05) is 11.9 Å². The number of nitrogens with one attached hydrogen (secondary N) is 1. The van der Waals surface area contributed by atoms with Crippen LogP contribution in [-0.2, 0) is 9.53 Å². The van der Waals surface area contributed by atoms with Crippen LogP contribution in [0.25, 0.3) is 0 Å². The number of aliphatic carboxylic acids is 1. The Morgan fingerprint density at radius 1 is 1.67 bits per heavy atom. The van der Waals surface area contributed by atoms with Gasteiger partial charge in [0.15, 0.2) is 6.10 Å². The molecule has 21 heavy (non-hydrogen) atoms. The Balaban J connectivity index is 2.02. The summed E-state index contributed by atoms with van der Waals surface area (Å²) in [7, 11) is 0. The molecule has 1 saturated heterocycles. The SMILES string of the molecule is N#Cc1cnc(NCC2CCC(C(=O)O)O2)c([N+](=O)[O-])c1. The third-order valence-electron chi connectivity index (χ3n) is 3.07. The second kappa shape index (κ2) is 6.15. The van der Waals surface area contributed by atoms with Gasteiger partial charge in [-0.15, -0.1) is 0 Å². The third kappa shape index (κ3) is 3.43. The summed E-state index contributed by atoms with van der Waals surface area (Å²) in [4.78, 5) is 24.9. The number of nitrogens with zero attached hydrogens (tertiary/aromatic N) is 3. The number of ether oxygens (including phenoxy) is 1. The minimum absolute atomic E-state index is 0.0291. The van der Waals surface area contributed by atoms with Crippen LogP contribution in [0, 0.1) is 21.4 Å². The lowest BCUT2D eigenvalue weighted by molar-refractivity contribution is -0.384. The van der Waals surface area contributed by atoms with Crippen LogP contribution in [0.3, 0.4) is 0 Å². The van der Waals surface area contributed by atoms with Gasteiger partial charge in [-0.1, -0.05) is 0 Å². The molecule has 2 heterocycles. The van der Waals surface area contributed by atoms with Crippen LogP contribution in [-0.4, -0.2) is 39.7 Å². The summed E-state index contributed by atoms with van der Waals surface area (Å²) in [6, 6.07) is 2.91. The molecule has 1 fully saturated rings. The van der Waals surface area contributed by atoms with Gasteiger partial charge in [0, 0.05) is 18.8 Å². The van der Waals surface area contributed by atoms with Crippen LogP contribution in [0.4, 0.5) is 11.5 Å². The zero-order valence-electron chi connectivity index (χ0n) is 10.9. The van der Waals surface area contributed by atoms with Gasteiger partial charge in [0.05, 0.1) is 16.6 Å². The maximum absolute atomic E-state index is 10.9. The van der Waals surface area contributed by atoms with Gasteiger partial charge in [-0.05, 0) is 12.8 Å². The second-order valence-electron chi connectivity index (χ2n) is 4.50. The molecule has 0 bridgehead atoms. The first-order valence-corrected chi connectivity index (χ1v) is 6.18. The standard InChI is InChI=1S/C12H12N4O5/c13-4-7-3-9(16(19)20)11(14-5-7)15-6-8-1-2-10(21-8)12(17)18/h3,5,8,10H,1-2,6H2,(H,14,15)(H,17,18). The minimum Gasteiger partial charge on any atom is -0.479 e. The van der Waals surface area contributed by atoms with E-state index in [1.807, 2.05) is 0 Å². The molecule has 9 nitrogen and oxygen atoms in total. The first-order chi connectivity index (χ1) is 10.0. The van der Waals surface area contributed by atoms with Gasteiger partial charge >= 0.3 is 11.7 Å². The number of hydrogen-bond acceptors (Lipinski definition) is 7. The first kappa shape index (κ1) is 14.7. The molecular weight excluding hydrogens is 280 g/mol. The highest BCUT2D eigenvalue weighted by Gasteiger charge is 2.30. The number of pyridine rings is 1. The molecule has 2 atom stereocenters. The van der Waals surface area contributed by atoms with Gasteiger partial charge in [-0.25, -0.2) is 9.78 Å². The highest BCUT2D eigenvalue weighted by atomic mass is 16.6. The minimum atomic E-state index is -1.01. The van der Waals surface area contributed by atoms with Crippen LogP contribution in [0.1, 0.15) is 18.4 Å². The molecule has 1 aliphatic rings. The predicted molar refractivity (Wildman–Crippen MR) is 69.6 cm³/mol. The normalized spacial score (nSPS) is 20.7. The molecular formula is C12H12N4O5. The number of aromatic nitrogens is 1. The zero-order chi connectivity index (χ0) is 15.4. The van der Waals surface area contributed by atoms with Gasteiger partial charge in [-0.2, -0.15) is 5.26 Å². The van der Waals surface area contributed by atoms with Gasteiger partial charge in [0.1, 0.15) is 6.07 Å². The number of anilines is 1. The molecule has 2 rings (SSSR count). The quantitative estimate of drug-likeness (QED) is 0.603. The third-order valence-corrected chi connectivity index (χ3v) is 3.07. The average Bonchev–Trinajstić information content (AvgIpc) is 2.94. The van der Waals surface area contributed by atoms with Crippen molar-refractivity contribution < 1.29 is 19.6 Å². The maximum atomic E-state index is 10.9. The van der Waals surface area contributed by atoms with E-state index in [4.69, 9.17) is 15.1 Å². The molecule has 1 aliphatic heterocycles. The van der Waals surface area contributed by atoms with Gasteiger partial charge in [0.2, 0.25) is 5.82 Å². The number of carboxylic acids is 1. The largest absolute Gasteiger partial charge is 0.479 e. The zero-order valence-corrected chi connectivity index (χ0v) is 10.9. The lowest BCUT2D eigenvalue weighted by atomic mass is 10.2. The van der Waals surface area contributed by atoms with Crippen LogP contribution in [0.5, 0.6) is 0 Å². The van der Waals surface area contributed by atoms with E-state index >= 15 is 0 Å². The number of nitriles is 1. The van der Waals surface area contributed by atoms with E-state index < -0.39 is 17.0 Å². The molecule has 0 saturated carbocycles. The highest BCUT2D eigenvalue weighted by Crippen LogP contribution is 2.24. The molecule has 0 radical (unpaired) electrons. The number of carbonyl (C=O) groups is 1. The van der Waals surface area contributed by atoms with E-state index in [-0.39, 0.29) is 29.7 Å². The summed E-state index contributed by atoms with van der Waals surface area (Å²) >= 11 is 0. The van der Waals surface area contributed by atoms with Crippen molar-refractivity contribution >= 4 is 17.5 Å². The molecule has 1 aromatic rings. The Bertz CT molecular complexity index is 612. The summed E-state index contributed by atoms with van der Waals surface area (Å²) in [5, 5.41) is 31.2. The van der Waals surface area contributed by atoms with Gasteiger partial charge in [-0.3, -0.25) is 10.1 Å². The van der Waals surface area contributed by atoms with Crippen LogP contribution in [0.2, 0.25) is 0 Å². The summed E-state index contributed by atoms with van der Waals surface area (Å²) < 4.78 is 5.28. The number of nitro groups is 1. The van der Waals surface area contributed by atoms with E-state index in [1.54, 1.807) is 6.07 Å². The molecule has 0 amide bonds. The van der Waals surface area contributed by atoms with Crippen molar-refractivity contribution in [1.29, 1.82) is 5.26 Å². The van der Waals surface area contributed by atoms with Crippen molar-refractivity contribution in [1.82, 2.24) is 4.98 Å². The molecule has 0 aromatic carbocycles. The Hall–Kier alpha value is -2.73. The summed E-state index contributed by atoms with van der Waals surface area (Å²) in [5.74, 6) is -0.985. The molecule has 0 spiro atoms. The lowest BCUT2D eigenvalue weighted by Crippen LogP contribution is -2.25. The number of rotatable bonds is 5. The second-order valence-corrected chi connectivity index (χ2v) is 4.50. The lowest BCUT2D eigenvalue weighted by Gasteiger charge is -2.12. The highest BCUT2D eigenvalue weighted by molar-refractivity contribution is 5.72. The summed E-state index contributed by atoms with van der Waals surface area (Å²) in [5.41, 5.74) is -0.211. The maximum Gasteiger partial charge on any atom is 0.332 e. The topological polar surface area (TPSA) is 138 Å². The molecule has 0 aliphatic carbocycles. The Morgan fingerprint density at radius 2 is 2.43 bits per heavy atom. The van der Waals surface area contributed by atoms with E-state index in [0.29, 0.717) is 12.8 Å². The molecule has 110 valence electrons. The Kier molecular flexibility index (Phi) is 4.30. The number of carboxylic acid groups (broad SMARTS) is 1. The smallest absolute Gasteiger partial charge is 0.332 e. The predicted octanol–water partition coefficient (Wildman–Crippen LogP) is 0.906. The van der Waals surface area contributed by atoms with Crippen molar-refractivity contribution in [2.24, 2.45) is 0 Å². The fraction of sp³-hybridized carbons (Fsp3) is 0.417. The molecule has 2 unspecified atom stereocenters. The Morgan fingerprint density at radius 3 is 3.00 bits per heavy atom. The van der Waals surface area contributed by atoms with Crippen molar-refractivity contribution in [2.45, 2.75) is 25.0 Å². The van der Waals surface area contributed by atoms with E-state index in [0.717, 1.165) is 6.07 Å². The molecule has 9 heteroatoms. The molecule has 2 N–H and O–H groups in total. The van der Waals surface area contributed by atoms with Crippen LogP contribution < -0.4 is 5.32 Å². The monoisotopic (exact) mass is 292 g/mol. The van der Waals surface area contributed by atoms with E-state index in [1.165, 1.54) is 6.20 Å². The van der Waals surface area contributed by atoms with E-state index in [2.05, 4.69) is 10.3 Å². The van der Waals surface area contributed by atoms with Crippen LogP contribution in [0.15, 0.2) is 12.3 Å². The van der Waals surface area contributed by atoms with Gasteiger partial charge in [0.25, 0.3) is 0 Å². The van der Waals surface area contributed by atoms with Gasteiger partial charge < -0.3 is 15.2 Å². The van der Waals surface area contributed by atoms with Crippen molar-refractivity contribution in [3.63, 3.8) is 0 Å². The fourth-order valence-electron chi connectivity index (χ4n) is 2.04. The average molecular weight is 292 g/mol. The van der Waals surface area contributed by atoms with Crippen molar-refractivity contribution in [3.8, 4) is 6.07 Å². The molecule has 1 aromatic heterocycles. The van der Waals surface area contributed by atoms with Crippen molar-refractivity contribution in [3.05, 3.63) is 27.9 Å². The fourth-order valence-corrected chi connectivity index (χ4v) is 2.04. The van der Waals surface area contributed by atoms with Crippen LogP contribution >= 0.6 is 0 Å². The number of hydrogen-bond donors (Lipinski definition) is 2. The van der Waals surface area contributed by atoms with E-state index in [9.17, 15) is 14.9 Å².